The van der Waals surface area contributed by atoms with Gasteiger partial charge in [-0.2, -0.15) is 0 Å². The van der Waals surface area contributed by atoms with E-state index < -0.39 is 12.3 Å². The van der Waals surface area contributed by atoms with Crippen molar-refractivity contribution in [3.05, 3.63) is 12.2 Å². The van der Waals surface area contributed by atoms with Crippen LogP contribution in [0.3, 0.4) is 0 Å². The summed E-state index contributed by atoms with van der Waals surface area (Å²) in [5.41, 5.74) is 0.288. The number of aliphatic hydroxyl groups excluding tert-OH is 1. The summed E-state index contributed by atoms with van der Waals surface area (Å²) < 4.78 is 4.33. The van der Waals surface area contributed by atoms with Gasteiger partial charge in [0, 0.05) is 5.57 Å². The predicted octanol–water partition coefficient (Wildman–Crippen LogP) is 0.246. The van der Waals surface area contributed by atoms with E-state index in [4.69, 9.17) is 25.5 Å². The molecule has 0 aromatic rings. The molecule has 0 aliphatic rings. The largest absolute Gasteiger partial charge is 0.433 e. The summed E-state index contributed by atoms with van der Waals surface area (Å²) in [6.45, 7) is 6.20. The second-order valence-electron chi connectivity index (χ2n) is 1.99. The molecule has 84 valence electrons. The van der Waals surface area contributed by atoms with Crippen LogP contribution < -0.4 is 0 Å². The standard InChI is InChI=1S/C6H10O3.2CHNO/c1-4(2)6(8)9-5(3)7;2*2-1-3/h5,7H,1H2,2-3H3;2*2H. The van der Waals surface area contributed by atoms with Gasteiger partial charge in [0.1, 0.15) is 0 Å². The highest BCUT2D eigenvalue weighted by Gasteiger charge is 2.04. The highest BCUT2D eigenvalue weighted by molar-refractivity contribution is 5.86. The molecule has 0 aromatic heterocycles. The molecule has 0 aromatic carbocycles. The van der Waals surface area contributed by atoms with Crippen molar-refractivity contribution >= 4 is 18.1 Å². The van der Waals surface area contributed by atoms with Crippen LogP contribution in [0.4, 0.5) is 0 Å². The van der Waals surface area contributed by atoms with E-state index in [9.17, 15) is 4.79 Å². The van der Waals surface area contributed by atoms with Crippen LogP contribution in [0.2, 0.25) is 0 Å². The average Bonchev–Trinajstić information content (AvgIpc) is 2.05. The molecule has 7 heteroatoms. The van der Waals surface area contributed by atoms with Crippen LogP contribution in [-0.4, -0.2) is 29.5 Å². The van der Waals surface area contributed by atoms with Crippen LogP contribution in [0.15, 0.2) is 12.2 Å². The van der Waals surface area contributed by atoms with Gasteiger partial charge < -0.3 is 9.84 Å². The summed E-state index contributed by atoms with van der Waals surface area (Å²) in [6, 6.07) is 0. The number of rotatable bonds is 2. The van der Waals surface area contributed by atoms with Crippen LogP contribution in [0, 0.1) is 10.8 Å². The minimum atomic E-state index is -1.05. The Morgan fingerprint density at radius 1 is 1.40 bits per heavy atom. The van der Waals surface area contributed by atoms with Crippen molar-refractivity contribution in [2.45, 2.75) is 20.1 Å². The van der Waals surface area contributed by atoms with E-state index in [2.05, 4.69) is 11.3 Å². The van der Waals surface area contributed by atoms with E-state index in [0.717, 1.165) is 12.2 Å². The van der Waals surface area contributed by atoms with Gasteiger partial charge in [0.25, 0.3) is 0 Å². The first-order valence-corrected chi connectivity index (χ1v) is 3.49. The van der Waals surface area contributed by atoms with E-state index in [1.54, 1.807) is 0 Å². The number of carbonyl (C=O) groups excluding carboxylic acids is 3. The maximum atomic E-state index is 10.5. The molecule has 0 rings (SSSR count). The first kappa shape index (κ1) is 18.7. The Morgan fingerprint density at radius 2 is 1.67 bits per heavy atom. The molecule has 1 unspecified atom stereocenters. The second-order valence-corrected chi connectivity index (χ2v) is 1.99. The van der Waals surface area contributed by atoms with Crippen LogP contribution >= 0.6 is 0 Å². The van der Waals surface area contributed by atoms with E-state index in [-0.39, 0.29) is 5.57 Å². The highest BCUT2D eigenvalue weighted by Crippen LogP contribution is 1.94. The summed E-state index contributed by atoms with van der Waals surface area (Å²) in [5, 5.41) is 19.3. The van der Waals surface area contributed by atoms with Crippen LogP contribution in [0.5, 0.6) is 0 Å². The number of hydrogen-bond acceptors (Lipinski definition) is 7. The molecule has 7 nitrogen and oxygen atoms in total. The number of hydrogen-bond donors (Lipinski definition) is 3. The number of ether oxygens (including phenoxy) is 1. The molecule has 3 N–H and O–H groups in total. The van der Waals surface area contributed by atoms with Gasteiger partial charge in [-0.1, -0.05) is 6.58 Å². The lowest BCUT2D eigenvalue weighted by molar-refractivity contribution is -0.159. The Kier molecular flexibility index (Phi) is 18.0. The van der Waals surface area contributed by atoms with Gasteiger partial charge in [0.2, 0.25) is 12.2 Å². The molecule has 15 heavy (non-hydrogen) atoms. The molecule has 0 heterocycles. The number of aliphatic hydroxyl groups is 1. The second kappa shape index (κ2) is 14.5. The van der Waals surface area contributed by atoms with Gasteiger partial charge in [-0.15, -0.1) is 0 Å². The quantitative estimate of drug-likeness (QED) is 0.200. The van der Waals surface area contributed by atoms with Crippen molar-refractivity contribution in [2.24, 2.45) is 0 Å². The van der Waals surface area contributed by atoms with Gasteiger partial charge >= 0.3 is 5.97 Å². The fourth-order valence-corrected chi connectivity index (χ4v) is 0.255. The molecule has 0 saturated heterocycles. The molecule has 0 aliphatic heterocycles. The Balaban J connectivity index is -0.000000200. The number of carbonyl (C=O) groups is 1. The number of nitrogens with one attached hydrogen (secondary N) is 2. The molecule has 0 fully saturated rings. The zero-order valence-corrected chi connectivity index (χ0v) is 8.36. The van der Waals surface area contributed by atoms with E-state index in [1.165, 1.54) is 13.8 Å². The lowest BCUT2D eigenvalue weighted by atomic mass is 10.4. The van der Waals surface area contributed by atoms with Crippen molar-refractivity contribution < 1.29 is 24.2 Å². The minimum Gasteiger partial charge on any atom is -0.433 e. The molecule has 0 radical (unpaired) electrons. The minimum absolute atomic E-state index is 0.288. The lowest BCUT2D eigenvalue weighted by Crippen LogP contribution is -2.13. The van der Waals surface area contributed by atoms with Gasteiger partial charge in [-0.25, -0.2) is 25.2 Å². The normalized spacial score (nSPS) is 8.47. The molecule has 0 amide bonds. The molecule has 0 aliphatic carbocycles. The molecule has 0 saturated carbocycles. The van der Waals surface area contributed by atoms with Crippen molar-refractivity contribution in [3.63, 3.8) is 0 Å². The maximum Gasteiger partial charge on any atom is 0.335 e. The van der Waals surface area contributed by atoms with Gasteiger partial charge in [0.15, 0.2) is 6.29 Å². The van der Waals surface area contributed by atoms with Crippen LogP contribution in [-0.2, 0) is 19.1 Å². The third kappa shape index (κ3) is 33.5. The monoisotopic (exact) mass is 216 g/mol. The topological polar surface area (TPSA) is 128 Å². The number of isocyanates is 2. The zero-order valence-electron chi connectivity index (χ0n) is 8.36. The Bertz CT molecular complexity index is 248. The summed E-state index contributed by atoms with van der Waals surface area (Å²) in [6.07, 6.45) is 0.453. The molecule has 1 atom stereocenters. The fourth-order valence-electron chi connectivity index (χ4n) is 0.255. The van der Waals surface area contributed by atoms with Crippen LogP contribution in [0.1, 0.15) is 13.8 Å². The zero-order chi connectivity index (χ0) is 12.9. The Hall–Kier alpha value is -2.07. The fraction of sp³-hybridized carbons (Fsp3) is 0.375. The predicted molar refractivity (Wildman–Crippen MR) is 49.4 cm³/mol. The lowest BCUT2D eigenvalue weighted by Gasteiger charge is -2.04. The van der Waals surface area contributed by atoms with Gasteiger partial charge in [-0.05, 0) is 13.8 Å². The molecular formula is C8H12N2O5. The number of esters is 1. The van der Waals surface area contributed by atoms with Crippen molar-refractivity contribution in [1.82, 2.24) is 0 Å². The third-order valence-corrected chi connectivity index (χ3v) is 0.626. The first-order chi connectivity index (χ1) is 6.87. The van der Waals surface area contributed by atoms with E-state index >= 15 is 0 Å². The Labute approximate surface area is 86.4 Å². The van der Waals surface area contributed by atoms with Crippen molar-refractivity contribution in [2.75, 3.05) is 0 Å². The maximum absolute atomic E-state index is 10.5. The van der Waals surface area contributed by atoms with Crippen molar-refractivity contribution in [3.8, 4) is 0 Å². The smallest absolute Gasteiger partial charge is 0.335 e. The summed E-state index contributed by atoms with van der Waals surface area (Å²) in [4.78, 5) is 27.2. The summed E-state index contributed by atoms with van der Waals surface area (Å²) >= 11 is 0. The Morgan fingerprint density at radius 3 is 1.73 bits per heavy atom. The molecular weight excluding hydrogens is 204 g/mol. The highest BCUT2D eigenvalue weighted by atomic mass is 16.6. The van der Waals surface area contributed by atoms with Crippen molar-refractivity contribution in [1.29, 1.82) is 10.8 Å². The summed E-state index contributed by atoms with van der Waals surface area (Å²) in [5.74, 6) is -0.565. The first-order valence-electron chi connectivity index (χ1n) is 3.49. The van der Waals surface area contributed by atoms with Crippen LogP contribution in [0.25, 0.3) is 0 Å². The van der Waals surface area contributed by atoms with E-state index in [1.807, 2.05) is 0 Å². The average molecular weight is 216 g/mol. The molecule has 0 bridgehead atoms. The van der Waals surface area contributed by atoms with E-state index in [0.29, 0.717) is 0 Å². The summed E-state index contributed by atoms with van der Waals surface area (Å²) in [7, 11) is 0. The SMILES string of the molecule is C=C(C)C(=O)OC(C)O.N=C=O.N=C=O. The van der Waals surface area contributed by atoms with Gasteiger partial charge in [0.05, 0.1) is 0 Å². The van der Waals surface area contributed by atoms with Gasteiger partial charge in [-0.3, -0.25) is 0 Å². The molecule has 0 spiro atoms. The third-order valence-electron chi connectivity index (χ3n) is 0.626.